The lowest BCUT2D eigenvalue weighted by atomic mass is 10.0. The Kier molecular flexibility index (Phi) is 3.23. The molecule has 3 N–H and O–H groups in total. The molecule has 0 amide bonds. The van der Waals surface area contributed by atoms with Gasteiger partial charge in [0, 0.05) is 17.8 Å². The van der Waals surface area contributed by atoms with Gasteiger partial charge in [0.25, 0.3) is 0 Å². The van der Waals surface area contributed by atoms with Crippen molar-refractivity contribution in [3.05, 3.63) is 24.0 Å². The van der Waals surface area contributed by atoms with Gasteiger partial charge in [-0.15, -0.1) is 0 Å². The van der Waals surface area contributed by atoms with E-state index in [1.165, 1.54) is 16.4 Å². The van der Waals surface area contributed by atoms with E-state index in [4.69, 9.17) is 5.73 Å². The summed E-state index contributed by atoms with van der Waals surface area (Å²) in [7, 11) is -3.88. The minimum Gasteiger partial charge on any atom is -0.399 e. The fourth-order valence-corrected chi connectivity index (χ4v) is 5.28. The summed E-state index contributed by atoms with van der Waals surface area (Å²) in [6.45, 7) is 0. The summed E-state index contributed by atoms with van der Waals surface area (Å²) in [4.78, 5) is -0.333. The van der Waals surface area contributed by atoms with Gasteiger partial charge in [-0.3, -0.25) is 0 Å². The van der Waals surface area contributed by atoms with Crippen molar-refractivity contribution < 1.29 is 17.9 Å². The normalized spacial score (nSPS) is 30.6. The third-order valence-corrected chi connectivity index (χ3v) is 6.19. The second kappa shape index (κ2) is 4.68. The molecule has 5 nitrogen and oxygen atoms in total. The zero-order valence-corrected chi connectivity index (χ0v) is 11.7. The maximum absolute atomic E-state index is 13.9. The molecule has 2 aliphatic rings. The number of hydrogen-bond acceptors (Lipinski definition) is 4. The van der Waals surface area contributed by atoms with Gasteiger partial charge in [0.2, 0.25) is 10.0 Å². The van der Waals surface area contributed by atoms with Gasteiger partial charge in [-0.25, -0.2) is 12.8 Å². The third-order valence-electron chi connectivity index (χ3n) is 4.15. The topological polar surface area (TPSA) is 83.6 Å². The van der Waals surface area contributed by atoms with Gasteiger partial charge in [-0.1, -0.05) is 0 Å². The number of nitrogen functional groups attached to an aromatic ring is 1. The highest BCUT2D eigenvalue weighted by molar-refractivity contribution is 7.89. The van der Waals surface area contributed by atoms with Crippen LogP contribution in [0.15, 0.2) is 23.1 Å². The Morgan fingerprint density at radius 1 is 1.25 bits per heavy atom. The lowest BCUT2D eigenvalue weighted by molar-refractivity contribution is 0.0768. The van der Waals surface area contributed by atoms with Gasteiger partial charge in [-0.05, 0) is 43.9 Å². The molecule has 0 saturated carbocycles. The van der Waals surface area contributed by atoms with Gasteiger partial charge < -0.3 is 10.8 Å². The van der Waals surface area contributed by atoms with Crippen molar-refractivity contribution in [2.24, 2.45) is 0 Å². The van der Waals surface area contributed by atoms with Crippen LogP contribution in [0.2, 0.25) is 0 Å². The number of sulfonamides is 1. The Bertz CT molecular complexity index is 621. The van der Waals surface area contributed by atoms with Gasteiger partial charge in [0.1, 0.15) is 10.7 Å². The summed E-state index contributed by atoms with van der Waals surface area (Å²) >= 11 is 0. The number of piperidine rings is 1. The molecule has 2 saturated heterocycles. The molecule has 3 rings (SSSR count). The first-order valence-corrected chi connectivity index (χ1v) is 8.10. The minimum atomic E-state index is -3.88. The molecule has 2 unspecified atom stereocenters. The van der Waals surface area contributed by atoms with Crippen molar-refractivity contribution >= 4 is 15.7 Å². The summed E-state index contributed by atoms with van der Waals surface area (Å²) < 4.78 is 40.6. The summed E-state index contributed by atoms with van der Waals surface area (Å²) in [5.74, 6) is -0.824. The lowest BCUT2D eigenvalue weighted by Crippen LogP contribution is -2.48. The monoisotopic (exact) mass is 300 g/mol. The van der Waals surface area contributed by atoms with E-state index in [2.05, 4.69) is 0 Å². The molecule has 2 fully saturated rings. The molecule has 0 spiro atoms. The Morgan fingerprint density at radius 2 is 1.85 bits per heavy atom. The summed E-state index contributed by atoms with van der Waals surface area (Å²) in [6.07, 6.45) is 1.82. The average Bonchev–Trinajstić information content (AvgIpc) is 2.62. The van der Waals surface area contributed by atoms with Crippen LogP contribution >= 0.6 is 0 Å². The van der Waals surface area contributed by atoms with E-state index in [1.807, 2.05) is 0 Å². The predicted molar refractivity (Wildman–Crippen MR) is 71.9 cm³/mol. The largest absolute Gasteiger partial charge is 0.399 e. The van der Waals surface area contributed by atoms with Crippen LogP contribution < -0.4 is 5.73 Å². The number of fused-ring (bicyclic) bond motifs is 2. The molecule has 2 heterocycles. The molecule has 7 heteroatoms. The predicted octanol–water partition coefficient (Wildman–Crippen LogP) is 1.08. The molecule has 2 aliphatic heterocycles. The lowest BCUT2D eigenvalue weighted by Gasteiger charge is -2.36. The van der Waals surface area contributed by atoms with Crippen LogP contribution in [0.3, 0.4) is 0 Å². The van der Waals surface area contributed by atoms with E-state index in [0.29, 0.717) is 12.8 Å². The fraction of sp³-hybridized carbons (Fsp3) is 0.538. The number of benzene rings is 1. The quantitative estimate of drug-likeness (QED) is 0.801. The first kappa shape index (κ1) is 13.8. The second-order valence-corrected chi connectivity index (χ2v) is 7.35. The number of halogens is 1. The zero-order valence-electron chi connectivity index (χ0n) is 10.9. The summed E-state index contributed by atoms with van der Waals surface area (Å²) in [5.41, 5.74) is 5.65. The van der Waals surface area contributed by atoms with E-state index in [0.717, 1.165) is 18.9 Å². The van der Waals surface area contributed by atoms with Crippen molar-refractivity contribution in [1.29, 1.82) is 0 Å². The van der Waals surface area contributed by atoms with Crippen LogP contribution in [-0.2, 0) is 10.0 Å². The van der Waals surface area contributed by atoms with E-state index in [-0.39, 0.29) is 22.7 Å². The molecule has 20 heavy (non-hydrogen) atoms. The third kappa shape index (κ3) is 2.10. The highest BCUT2D eigenvalue weighted by atomic mass is 32.2. The SMILES string of the molecule is Nc1ccc(S(=O)(=O)N2C3CCC2CC(O)C3)c(F)c1. The molecule has 1 aromatic carbocycles. The first-order valence-electron chi connectivity index (χ1n) is 6.66. The minimum absolute atomic E-state index is 0.193. The molecule has 2 atom stereocenters. The second-order valence-electron chi connectivity index (χ2n) is 5.54. The van der Waals surface area contributed by atoms with Gasteiger partial charge in [0.05, 0.1) is 6.10 Å². The van der Waals surface area contributed by atoms with Crippen molar-refractivity contribution in [1.82, 2.24) is 4.31 Å². The summed E-state index contributed by atoms with van der Waals surface area (Å²) in [6, 6.07) is 3.16. The highest BCUT2D eigenvalue weighted by Gasteiger charge is 2.47. The smallest absolute Gasteiger partial charge is 0.246 e. The van der Waals surface area contributed by atoms with Crippen molar-refractivity contribution in [3.8, 4) is 0 Å². The Morgan fingerprint density at radius 3 is 2.40 bits per heavy atom. The molecular weight excluding hydrogens is 283 g/mol. The van der Waals surface area contributed by atoms with E-state index in [9.17, 15) is 17.9 Å². The van der Waals surface area contributed by atoms with Crippen LogP contribution in [0, 0.1) is 5.82 Å². The van der Waals surface area contributed by atoms with Crippen molar-refractivity contribution in [2.45, 2.75) is 48.8 Å². The fourth-order valence-electron chi connectivity index (χ4n) is 3.34. The number of hydrogen-bond donors (Lipinski definition) is 2. The summed E-state index contributed by atoms with van der Waals surface area (Å²) in [5, 5.41) is 9.72. The van der Waals surface area contributed by atoms with Crippen molar-refractivity contribution in [2.75, 3.05) is 5.73 Å². The van der Waals surface area contributed by atoms with Crippen LogP contribution in [-0.4, -0.2) is 36.0 Å². The highest BCUT2D eigenvalue weighted by Crippen LogP contribution is 2.40. The first-order chi connectivity index (χ1) is 9.39. The molecule has 2 bridgehead atoms. The molecule has 0 aromatic heterocycles. The number of nitrogens with two attached hydrogens (primary N) is 1. The van der Waals surface area contributed by atoms with Crippen LogP contribution in [0.25, 0.3) is 0 Å². The van der Waals surface area contributed by atoms with Gasteiger partial charge >= 0.3 is 0 Å². The zero-order chi connectivity index (χ0) is 14.5. The average molecular weight is 300 g/mol. The number of anilines is 1. The van der Waals surface area contributed by atoms with Gasteiger partial charge in [0.15, 0.2) is 0 Å². The van der Waals surface area contributed by atoms with Crippen LogP contribution in [0.1, 0.15) is 25.7 Å². The molecule has 1 aromatic rings. The maximum atomic E-state index is 13.9. The molecule has 0 aliphatic carbocycles. The van der Waals surface area contributed by atoms with Crippen molar-refractivity contribution in [3.63, 3.8) is 0 Å². The van der Waals surface area contributed by atoms with Gasteiger partial charge in [-0.2, -0.15) is 4.31 Å². The van der Waals surface area contributed by atoms with E-state index in [1.54, 1.807) is 0 Å². The van der Waals surface area contributed by atoms with Crippen LogP contribution in [0.4, 0.5) is 10.1 Å². The number of aliphatic hydroxyl groups excluding tert-OH is 1. The molecule has 0 radical (unpaired) electrons. The van der Waals surface area contributed by atoms with E-state index >= 15 is 0 Å². The molecular formula is C13H17FN2O3S. The Labute approximate surface area is 117 Å². The molecule has 110 valence electrons. The number of aliphatic hydroxyl groups is 1. The van der Waals surface area contributed by atoms with Crippen LogP contribution in [0.5, 0.6) is 0 Å². The Hall–Kier alpha value is -1.18. The maximum Gasteiger partial charge on any atom is 0.246 e. The Balaban J connectivity index is 2.01. The van der Waals surface area contributed by atoms with E-state index < -0.39 is 21.9 Å². The number of rotatable bonds is 2. The number of nitrogens with zero attached hydrogens (tertiary/aromatic N) is 1. The standard InChI is InChI=1S/C13H17FN2O3S/c14-12-5-8(15)1-4-13(12)20(18,19)16-9-2-3-10(16)7-11(17)6-9/h1,4-5,9-11,17H,2-3,6-7,15H2.